The van der Waals surface area contributed by atoms with E-state index in [1.807, 2.05) is 7.05 Å². The average Bonchev–Trinajstić information content (AvgIpc) is 3.56. The first-order chi connectivity index (χ1) is 13.5. The summed E-state index contributed by atoms with van der Waals surface area (Å²) in [5.74, 6) is 3.60. The minimum atomic E-state index is 0. The number of aliphatic imine (C=N–C) groups is 1. The van der Waals surface area contributed by atoms with Crippen LogP contribution in [0.5, 0.6) is 0 Å². The van der Waals surface area contributed by atoms with Gasteiger partial charge in [-0.3, -0.25) is 14.7 Å². The van der Waals surface area contributed by atoms with Crippen molar-refractivity contribution < 1.29 is 4.79 Å². The average molecular weight is 518 g/mol. The van der Waals surface area contributed by atoms with Gasteiger partial charge in [0.15, 0.2) is 5.96 Å². The van der Waals surface area contributed by atoms with Crippen LogP contribution in [0.2, 0.25) is 0 Å². The molecule has 2 unspecified atom stereocenters. The molecule has 0 radical (unpaired) electrons. The van der Waals surface area contributed by atoms with Crippen molar-refractivity contribution in [2.45, 2.75) is 46.0 Å². The van der Waals surface area contributed by atoms with Crippen LogP contribution in [0, 0.1) is 23.2 Å². The van der Waals surface area contributed by atoms with E-state index in [9.17, 15) is 4.79 Å². The maximum absolute atomic E-state index is 12.8. The number of carbonyl (C=O) groups excluding carboxylic acids is 1. The van der Waals surface area contributed by atoms with Gasteiger partial charge in [-0.25, -0.2) is 0 Å². The molecule has 166 valence electrons. The lowest BCUT2D eigenvalue weighted by atomic mass is 9.92. The van der Waals surface area contributed by atoms with E-state index in [2.05, 4.69) is 38.9 Å². The Bertz CT molecular complexity index is 586. The summed E-state index contributed by atoms with van der Waals surface area (Å²) in [6.45, 7) is 11.9. The molecule has 2 aliphatic carbocycles. The number of hydrogen-bond donors (Lipinski definition) is 1. The molecule has 0 bridgehead atoms. The van der Waals surface area contributed by atoms with Gasteiger partial charge < -0.3 is 15.1 Å². The van der Waals surface area contributed by atoms with Crippen LogP contribution >= 0.6 is 24.0 Å². The molecule has 0 aromatic heterocycles. The van der Waals surface area contributed by atoms with Crippen molar-refractivity contribution in [3.8, 4) is 0 Å². The highest BCUT2D eigenvalue weighted by atomic mass is 127. The number of amides is 1. The number of hydrogen-bond acceptors (Lipinski definition) is 3. The van der Waals surface area contributed by atoms with E-state index < -0.39 is 0 Å². The Labute approximate surface area is 193 Å². The van der Waals surface area contributed by atoms with Gasteiger partial charge >= 0.3 is 0 Å². The predicted molar refractivity (Wildman–Crippen MR) is 129 cm³/mol. The molecule has 0 aromatic carbocycles. The van der Waals surface area contributed by atoms with E-state index in [0.717, 1.165) is 57.7 Å². The quantitative estimate of drug-likeness (QED) is 0.346. The molecule has 29 heavy (non-hydrogen) atoms. The van der Waals surface area contributed by atoms with Gasteiger partial charge in [0.1, 0.15) is 0 Å². The molecule has 0 aromatic rings. The van der Waals surface area contributed by atoms with E-state index in [4.69, 9.17) is 0 Å². The Morgan fingerprint density at radius 2 is 1.66 bits per heavy atom. The monoisotopic (exact) mass is 517 g/mol. The number of guanidine groups is 1. The van der Waals surface area contributed by atoms with E-state index in [0.29, 0.717) is 29.7 Å². The minimum absolute atomic E-state index is 0. The van der Waals surface area contributed by atoms with Gasteiger partial charge in [0, 0.05) is 52.9 Å². The number of halogens is 1. The molecule has 6 nitrogen and oxygen atoms in total. The van der Waals surface area contributed by atoms with Gasteiger partial charge in [0.25, 0.3) is 0 Å². The van der Waals surface area contributed by atoms with Crippen LogP contribution < -0.4 is 5.32 Å². The zero-order chi connectivity index (χ0) is 19.7. The van der Waals surface area contributed by atoms with Crippen molar-refractivity contribution in [1.82, 2.24) is 20.0 Å². The van der Waals surface area contributed by atoms with Crippen LogP contribution in [0.15, 0.2) is 4.99 Å². The lowest BCUT2D eigenvalue weighted by molar-refractivity contribution is -0.135. The molecule has 2 saturated heterocycles. The summed E-state index contributed by atoms with van der Waals surface area (Å²) in [7, 11) is 1.90. The Morgan fingerprint density at radius 3 is 2.17 bits per heavy atom. The van der Waals surface area contributed by atoms with E-state index >= 15 is 0 Å². The first kappa shape index (κ1) is 23.1. The van der Waals surface area contributed by atoms with E-state index in [1.165, 1.54) is 32.1 Å². The molecule has 0 spiro atoms. The van der Waals surface area contributed by atoms with Crippen LogP contribution in [0.1, 0.15) is 46.0 Å². The van der Waals surface area contributed by atoms with E-state index in [-0.39, 0.29) is 24.0 Å². The van der Waals surface area contributed by atoms with Crippen molar-refractivity contribution in [2.75, 3.05) is 59.4 Å². The number of nitrogens with one attached hydrogen (secondary N) is 1. The van der Waals surface area contributed by atoms with Crippen molar-refractivity contribution in [3.05, 3.63) is 0 Å². The smallest absolute Gasteiger partial charge is 0.236 e. The zero-order valence-electron chi connectivity index (χ0n) is 18.5. The van der Waals surface area contributed by atoms with Crippen LogP contribution in [0.25, 0.3) is 0 Å². The van der Waals surface area contributed by atoms with Crippen LogP contribution in [0.4, 0.5) is 0 Å². The number of piperazine rings is 1. The van der Waals surface area contributed by atoms with Crippen molar-refractivity contribution in [2.24, 2.45) is 28.2 Å². The number of rotatable bonds is 5. The van der Waals surface area contributed by atoms with Gasteiger partial charge in [-0.1, -0.05) is 13.8 Å². The number of nitrogens with zero attached hydrogens (tertiary/aromatic N) is 4. The highest BCUT2D eigenvalue weighted by molar-refractivity contribution is 14.0. The lowest BCUT2D eigenvalue weighted by Gasteiger charge is -2.39. The summed E-state index contributed by atoms with van der Waals surface area (Å²) in [4.78, 5) is 24.1. The fourth-order valence-corrected chi connectivity index (χ4v) is 5.45. The Hall–Kier alpha value is -0.570. The maximum Gasteiger partial charge on any atom is 0.236 e. The molecule has 1 N–H and O–H groups in total. The summed E-state index contributed by atoms with van der Waals surface area (Å²) in [6, 6.07) is 0. The molecule has 4 fully saturated rings. The lowest BCUT2D eigenvalue weighted by Crippen LogP contribution is -2.55. The van der Waals surface area contributed by atoms with Crippen molar-refractivity contribution >= 4 is 35.8 Å². The normalized spacial score (nSPS) is 30.0. The van der Waals surface area contributed by atoms with E-state index in [1.54, 1.807) is 0 Å². The van der Waals surface area contributed by atoms with Gasteiger partial charge in [-0.05, 0) is 55.3 Å². The zero-order valence-corrected chi connectivity index (χ0v) is 20.9. The Kier molecular flexibility index (Phi) is 7.73. The SMILES string of the molecule is CN=C(NCC1(C2CC2)CC1)N1CCN(CC(=O)N2CC(C)CC(C)C2)CC1.I. The van der Waals surface area contributed by atoms with Crippen LogP contribution in [-0.4, -0.2) is 86.0 Å². The number of carbonyl (C=O) groups is 1. The molecule has 1 amide bonds. The summed E-state index contributed by atoms with van der Waals surface area (Å²) in [5, 5.41) is 3.66. The largest absolute Gasteiger partial charge is 0.356 e. The first-order valence-corrected chi connectivity index (χ1v) is 11.4. The molecule has 2 atom stereocenters. The topological polar surface area (TPSA) is 51.2 Å². The maximum atomic E-state index is 12.8. The van der Waals surface area contributed by atoms with Gasteiger partial charge in [0.2, 0.25) is 5.91 Å². The molecule has 2 saturated carbocycles. The molecular formula is C22H40IN5O. The van der Waals surface area contributed by atoms with Crippen LogP contribution in [0.3, 0.4) is 0 Å². The minimum Gasteiger partial charge on any atom is -0.356 e. The van der Waals surface area contributed by atoms with Gasteiger partial charge in [-0.15, -0.1) is 24.0 Å². The second-order valence-corrected chi connectivity index (χ2v) is 10.0. The van der Waals surface area contributed by atoms with Crippen molar-refractivity contribution in [1.29, 1.82) is 0 Å². The fraction of sp³-hybridized carbons (Fsp3) is 0.909. The third kappa shape index (κ3) is 5.77. The highest BCUT2D eigenvalue weighted by Gasteiger charge is 2.53. The summed E-state index contributed by atoms with van der Waals surface area (Å²) < 4.78 is 0. The standard InChI is InChI=1S/C22H39N5O.HI/c1-17-12-18(2)14-27(13-17)20(28)15-25-8-10-26(11-9-25)21(23-3)24-16-22(6-7-22)19-4-5-19;/h17-19H,4-16H2,1-3H3,(H,23,24);1H. The highest BCUT2D eigenvalue weighted by Crippen LogP contribution is 2.60. The third-order valence-corrected chi connectivity index (χ3v) is 7.40. The van der Waals surface area contributed by atoms with Crippen LogP contribution in [-0.2, 0) is 4.79 Å². The van der Waals surface area contributed by atoms with Gasteiger partial charge in [-0.2, -0.15) is 0 Å². The summed E-state index contributed by atoms with van der Waals surface area (Å²) >= 11 is 0. The Balaban J connectivity index is 0.00000240. The third-order valence-electron chi connectivity index (χ3n) is 7.40. The number of piperidine rings is 1. The second kappa shape index (κ2) is 9.71. The Morgan fingerprint density at radius 1 is 1.03 bits per heavy atom. The predicted octanol–water partition coefficient (Wildman–Crippen LogP) is 2.49. The molecule has 2 aliphatic heterocycles. The fourth-order valence-electron chi connectivity index (χ4n) is 5.45. The first-order valence-electron chi connectivity index (χ1n) is 11.4. The molecule has 4 aliphatic rings. The van der Waals surface area contributed by atoms with Crippen molar-refractivity contribution in [3.63, 3.8) is 0 Å². The molecular weight excluding hydrogens is 477 g/mol. The summed E-state index contributed by atoms with van der Waals surface area (Å²) in [6.07, 6.45) is 6.90. The molecule has 2 heterocycles. The number of likely N-dealkylation sites (tertiary alicyclic amines) is 1. The molecule has 4 rings (SSSR count). The van der Waals surface area contributed by atoms with Gasteiger partial charge in [0.05, 0.1) is 6.54 Å². The second-order valence-electron chi connectivity index (χ2n) is 10.0. The molecule has 7 heteroatoms. The summed E-state index contributed by atoms with van der Waals surface area (Å²) in [5.41, 5.74) is 0.590.